The lowest BCUT2D eigenvalue weighted by Crippen LogP contribution is -2.50. The van der Waals surface area contributed by atoms with E-state index in [4.69, 9.17) is 4.74 Å². The molecule has 0 fully saturated rings. The van der Waals surface area contributed by atoms with Crippen LogP contribution in [0.2, 0.25) is 0 Å². The van der Waals surface area contributed by atoms with Crippen LogP contribution in [0.15, 0.2) is 0 Å². The molecular formula is C15H33NO4S. The summed E-state index contributed by atoms with van der Waals surface area (Å²) in [5.41, 5.74) is -0.555. The summed E-state index contributed by atoms with van der Waals surface area (Å²) < 4.78 is 31.5. The summed E-state index contributed by atoms with van der Waals surface area (Å²) >= 11 is 0. The smallest absolute Gasteiger partial charge is 0.211 e. The molecular weight excluding hydrogens is 290 g/mol. The minimum atomic E-state index is -3.34. The van der Waals surface area contributed by atoms with Crippen molar-refractivity contribution in [2.45, 2.75) is 72.6 Å². The van der Waals surface area contributed by atoms with E-state index in [0.717, 1.165) is 0 Å². The van der Waals surface area contributed by atoms with Crippen LogP contribution in [0.4, 0.5) is 0 Å². The molecule has 6 heteroatoms. The minimum Gasteiger partial charge on any atom is -0.396 e. The number of hydrogen-bond donors (Lipinski definition) is 1. The van der Waals surface area contributed by atoms with Gasteiger partial charge in [-0.15, -0.1) is 0 Å². The first-order valence-electron chi connectivity index (χ1n) is 7.43. The third kappa shape index (κ3) is 7.58. The second-order valence-corrected chi connectivity index (χ2v) is 9.65. The van der Waals surface area contributed by atoms with Crippen molar-refractivity contribution in [1.82, 2.24) is 4.31 Å². The zero-order valence-electron chi connectivity index (χ0n) is 14.8. The molecule has 0 aromatic rings. The lowest BCUT2D eigenvalue weighted by atomic mass is 9.90. The summed E-state index contributed by atoms with van der Waals surface area (Å²) in [7, 11) is -3.34. The lowest BCUT2D eigenvalue weighted by Gasteiger charge is -2.38. The van der Waals surface area contributed by atoms with Gasteiger partial charge in [0.05, 0.1) is 18.5 Å². The first-order valence-corrected chi connectivity index (χ1v) is 9.28. The Balaban J connectivity index is 5.13. The molecule has 0 aliphatic rings. The summed E-state index contributed by atoms with van der Waals surface area (Å²) in [5.74, 6) is 0. The molecule has 0 saturated heterocycles. The Bertz CT molecular complexity index is 406. The topological polar surface area (TPSA) is 66.8 Å². The minimum absolute atomic E-state index is 0.0245. The zero-order valence-corrected chi connectivity index (χ0v) is 15.6. The van der Waals surface area contributed by atoms with E-state index in [1.54, 1.807) is 0 Å². The summed E-state index contributed by atoms with van der Waals surface area (Å²) in [6, 6.07) is 0. The van der Waals surface area contributed by atoms with Crippen LogP contribution in [0.1, 0.15) is 54.9 Å². The van der Waals surface area contributed by atoms with Crippen molar-refractivity contribution in [2.75, 3.05) is 19.4 Å². The maximum Gasteiger partial charge on any atom is 0.211 e. The highest BCUT2D eigenvalue weighted by molar-refractivity contribution is 7.88. The maximum absolute atomic E-state index is 12.0. The van der Waals surface area contributed by atoms with Crippen LogP contribution in [0, 0.1) is 5.41 Å². The van der Waals surface area contributed by atoms with Gasteiger partial charge in [-0.25, -0.2) is 8.42 Å². The van der Waals surface area contributed by atoms with Crippen molar-refractivity contribution in [3.05, 3.63) is 0 Å². The van der Waals surface area contributed by atoms with E-state index in [1.807, 2.05) is 27.7 Å². The van der Waals surface area contributed by atoms with E-state index in [9.17, 15) is 13.5 Å². The van der Waals surface area contributed by atoms with Gasteiger partial charge in [0, 0.05) is 18.7 Å². The molecule has 0 aliphatic carbocycles. The molecule has 0 aromatic carbocycles. The van der Waals surface area contributed by atoms with Crippen LogP contribution < -0.4 is 0 Å². The van der Waals surface area contributed by atoms with Crippen molar-refractivity contribution in [3.8, 4) is 0 Å². The predicted molar refractivity (Wildman–Crippen MR) is 86.8 cm³/mol. The van der Waals surface area contributed by atoms with Gasteiger partial charge < -0.3 is 9.84 Å². The first kappa shape index (κ1) is 20.8. The van der Waals surface area contributed by atoms with E-state index in [0.29, 0.717) is 6.42 Å². The van der Waals surface area contributed by atoms with Crippen molar-refractivity contribution >= 4 is 10.0 Å². The number of aliphatic hydroxyl groups excluding tert-OH is 1. The van der Waals surface area contributed by atoms with Crippen LogP contribution >= 0.6 is 0 Å². The first-order chi connectivity index (χ1) is 9.19. The van der Waals surface area contributed by atoms with Crippen LogP contribution in [-0.2, 0) is 14.8 Å². The molecule has 0 aromatic heterocycles. The van der Waals surface area contributed by atoms with Gasteiger partial charge in [0.25, 0.3) is 0 Å². The fraction of sp³-hybridized carbons (Fsp3) is 1.00. The van der Waals surface area contributed by atoms with E-state index in [-0.39, 0.29) is 30.8 Å². The highest BCUT2D eigenvalue weighted by atomic mass is 32.2. The van der Waals surface area contributed by atoms with E-state index in [1.165, 1.54) is 10.6 Å². The van der Waals surface area contributed by atoms with Gasteiger partial charge >= 0.3 is 0 Å². The van der Waals surface area contributed by atoms with Gasteiger partial charge in [0.15, 0.2) is 0 Å². The Hall–Kier alpha value is -0.170. The molecule has 0 bridgehead atoms. The molecule has 0 radical (unpaired) electrons. The lowest BCUT2D eigenvalue weighted by molar-refractivity contribution is -0.0721. The monoisotopic (exact) mass is 323 g/mol. The molecule has 0 heterocycles. The van der Waals surface area contributed by atoms with Gasteiger partial charge in [-0.3, -0.25) is 0 Å². The summed E-state index contributed by atoms with van der Waals surface area (Å²) in [4.78, 5) is 0. The Morgan fingerprint density at radius 2 is 1.62 bits per heavy atom. The second-order valence-electron chi connectivity index (χ2n) is 7.74. The second kappa shape index (κ2) is 7.40. The van der Waals surface area contributed by atoms with Gasteiger partial charge in [0.1, 0.15) is 0 Å². The van der Waals surface area contributed by atoms with Crippen molar-refractivity contribution in [1.29, 1.82) is 0 Å². The predicted octanol–water partition coefficient (Wildman–Crippen LogP) is 2.25. The standard InChI is InChI=1S/C15H33NO4S/c1-12(14(2,3)4)20-13(9-10-17)11-16(15(5,6)7)21(8,18)19/h12-13,17H,9-11H2,1-8H3/t12-,13+/m0/s1. The molecule has 0 amide bonds. The Labute approximate surface area is 130 Å². The Morgan fingerprint density at radius 3 is 1.90 bits per heavy atom. The average Bonchev–Trinajstić information content (AvgIpc) is 2.21. The zero-order chi connectivity index (χ0) is 17.1. The average molecular weight is 323 g/mol. The number of nitrogens with zero attached hydrogens (tertiary/aromatic N) is 1. The third-order valence-electron chi connectivity index (χ3n) is 3.59. The van der Waals surface area contributed by atoms with Crippen LogP contribution in [0.5, 0.6) is 0 Å². The number of ether oxygens (including phenoxy) is 1. The van der Waals surface area contributed by atoms with Gasteiger partial charge in [-0.05, 0) is 39.5 Å². The Kier molecular flexibility index (Phi) is 7.34. The van der Waals surface area contributed by atoms with E-state index < -0.39 is 15.6 Å². The number of aliphatic hydroxyl groups is 1. The quantitative estimate of drug-likeness (QED) is 0.780. The summed E-state index contributed by atoms with van der Waals surface area (Å²) in [5, 5.41) is 9.22. The maximum atomic E-state index is 12.0. The van der Waals surface area contributed by atoms with E-state index in [2.05, 4.69) is 20.8 Å². The van der Waals surface area contributed by atoms with Crippen LogP contribution in [0.25, 0.3) is 0 Å². The van der Waals surface area contributed by atoms with Gasteiger partial charge in [0.2, 0.25) is 10.0 Å². The van der Waals surface area contributed by atoms with Crippen molar-refractivity contribution in [3.63, 3.8) is 0 Å². The number of sulfonamides is 1. The molecule has 2 atom stereocenters. The van der Waals surface area contributed by atoms with E-state index >= 15 is 0 Å². The molecule has 0 spiro atoms. The molecule has 5 nitrogen and oxygen atoms in total. The highest BCUT2D eigenvalue weighted by Crippen LogP contribution is 2.25. The third-order valence-corrected chi connectivity index (χ3v) is 5.08. The highest BCUT2D eigenvalue weighted by Gasteiger charge is 2.33. The molecule has 0 unspecified atom stereocenters. The molecule has 1 N–H and O–H groups in total. The van der Waals surface area contributed by atoms with Crippen LogP contribution in [0.3, 0.4) is 0 Å². The summed E-state index contributed by atoms with van der Waals surface area (Å²) in [6.07, 6.45) is 1.28. The SMILES string of the molecule is C[C@H](O[C@H](CCO)CN(C(C)(C)C)S(C)(=O)=O)C(C)(C)C. The van der Waals surface area contributed by atoms with Crippen molar-refractivity contribution in [2.24, 2.45) is 5.41 Å². The largest absolute Gasteiger partial charge is 0.396 e. The molecule has 0 rings (SSSR count). The summed E-state index contributed by atoms with van der Waals surface area (Å²) in [6.45, 7) is 14.0. The number of hydrogen-bond acceptors (Lipinski definition) is 4. The molecule has 128 valence electrons. The number of rotatable bonds is 7. The van der Waals surface area contributed by atoms with Crippen molar-refractivity contribution < 1.29 is 18.3 Å². The molecule has 0 aliphatic heterocycles. The Morgan fingerprint density at radius 1 is 1.14 bits per heavy atom. The fourth-order valence-corrected chi connectivity index (χ4v) is 3.36. The van der Waals surface area contributed by atoms with Gasteiger partial charge in [-0.1, -0.05) is 20.8 Å². The van der Waals surface area contributed by atoms with Crippen LogP contribution in [-0.4, -0.2) is 55.0 Å². The fourth-order valence-electron chi connectivity index (χ4n) is 1.93. The van der Waals surface area contributed by atoms with Gasteiger partial charge in [-0.2, -0.15) is 4.31 Å². The molecule has 21 heavy (non-hydrogen) atoms. The molecule has 0 saturated carbocycles. The normalized spacial score (nSPS) is 17.0.